The van der Waals surface area contributed by atoms with Crippen molar-refractivity contribution < 1.29 is 49.3 Å². The molecule has 8 atom stereocenters. The monoisotopic (exact) mass is 1210 g/mol. The van der Waals surface area contributed by atoms with Crippen LogP contribution in [-0.4, -0.2) is 99.6 Å². The van der Waals surface area contributed by atoms with Crippen LogP contribution in [0.1, 0.15) is 316 Å². The topological polar surface area (TPSA) is 175 Å². The second kappa shape index (κ2) is 62.1. The highest BCUT2D eigenvalue weighted by Gasteiger charge is 2.47. The van der Waals surface area contributed by atoms with Gasteiger partial charge in [0.15, 0.2) is 12.4 Å². The van der Waals surface area contributed by atoms with Crippen LogP contribution in [-0.2, 0) is 23.8 Å². The molecule has 0 aliphatic carbocycles. The van der Waals surface area contributed by atoms with E-state index in [0.29, 0.717) is 12.8 Å². The summed E-state index contributed by atoms with van der Waals surface area (Å²) in [4.78, 5) is 26.7. The average molecular weight is 1210 g/mol. The number of esters is 1. The molecule has 6 N–H and O–H groups in total. The fourth-order valence-corrected chi connectivity index (χ4v) is 10.9. The lowest BCUT2D eigenvalue weighted by Crippen LogP contribution is -2.61. The molecule has 498 valence electrons. The maximum atomic E-state index is 13.5. The Morgan fingerprint density at radius 3 is 1.27 bits per heavy atom. The summed E-state index contributed by atoms with van der Waals surface area (Å²) in [6.45, 7) is 5.68. The molecule has 1 fully saturated rings. The maximum Gasteiger partial charge on any atom is 0.306 e. The third-order valence-electron chi connectivity index (χ3n) is 16.5. The van der Waals surface area contributed by atoms with Gasteiger partial charge in [0.05, 0.1) is 25.4 Å². The van der Waals surface area contributed by atoms with Crippen molar-refractivity contribution in [3.63, 3.8) is 0 Å². The number of aliphatic hydroxyl groups excluding tert-OH is 5. The van der Waals surface area contributed by atoms with Gasteiger partial charge in [-0.05, 0) is 96.3 Å². The molecule has 1 rings (SSSR count). The van der Waals surface area contributed by atoms with Crippen molar-refractivity contribution in [1.82, 2.24) is 5.32 Å². The third kappa shape index (κ3) is 48.7. The summed E-state index contributed by atoms with van der Waals surface area (Å²) >= 11 is 0. The number of nitrogens with one attached hydrogen (secondary N) is 1. The second-order valence-corrected chi connectivity index (χ2v) is 24.6. The van der Waals surface area contributed by atoms with E-state index < -0.39 is 67.4 Å². The van der Waals surface area contributed by atoms with E-state index in [1.807, 2.05) is 6.08 Å². The van der Waals surface area contributed by atoms with Gasteiger partial charge in [-0.25, -0.2) is 0 Å². The van der Waals surface area contributed by atoms with Crippen LogP contribution in [0.3, 0.4) is 0 Å². The Kier molecular flexibility index (Phi) is 58.3. The van der Waals surface area contributed by atoms with Crippen LogP contribution in [0, 0.1) is 0 Å². The minimum absolute atomic E-state index is 0.119. The molecular weight excluding hydrogens is 1070 g/mol. The van der Waals surface area contributed by atoms with Crippen molar-refractivity contribution in [2.24, 2.45) is 0 Å². The highest BCUT2D eigenvalue weighted by molar-refractivity contribution is 5.80. The zero-order valence-corrected chi connectivity index (χ0v) is 55.4. The Labute approximate surface area is 527 Å². The van der Waals surface area contributed by atoms with E-state index in [2.05, 4.69) is 99.0 Å². The largest absolute Gasteiger partial charge is 0.454 e. The van der Waals surface area contributed by atoms with Gasteiger partial charge in [0, 0.05) is 6.42 Å². The zero-order chi connectivity index (χ0) is 62.4. The van der Waals surface area contributed by atoms with Crippen LogP contribution in [0.15, 0.2) is 85.1 Å². The highest BCUT2D eigenvalue weighted by atomic mass is 16.7. The lowest BCUT2D eigenvalue weighted by atomic mass is 9.99. The number of hydrogen-bond acceptors (Lipinski definition) is 10. The van der Waals surface area contributed by atoms with Crippen LogP contribution in [0.5, 0.6) is 0 Å². The first-order valence-electron chi connectivity index (χ1n) is 35.9. The number of carbonyl (C=O) groups excluding carboxylic acids is 2. The summed E-state index contributed by atoms with van der Waals surface area (Å²) < 4.78 is 17.7. The van der Waals surface area contributed by atoms with Gasteiger partial charge < -0.3 is 45.1 Å². The third-order valence-corrected chi connectivity index (χ3v) is 16.5. The van der Waals surface area contributed by atoms with Gasteiger partial charge in [0.25, 0.3) is 0 Å². The molecule has 0 saturated carbocycles. The molecule has 1 aliphatic rings. The minimum atomic E-state index is -1.62. The van der Waals surface area contributed by atoms with Gasteiger partial charge in [-0.15, -0.1) is 0 Å². The standard InChI is InChI=1S/C75H133NO10/c1-4-7-10-13-16-19-22-25-27-29-31-32-33-34-35-36-37-38-39-41-43-45-48-51-54-57-60-63-70(80)86-73-72(82)71(81)69(64-77)85-75(73)84-65-66(67(78)61-58-55-52-49-46-24-21-18-15-12-9-6-3)76-74(83)68(79)62-59-56-53-50-47-44-42-40-30-28-26-23-20-17-14-11-8-5-2/h8,11,17,20,25-28,40,42,47,50,58,61,66-69,71-73,75,77-79,81-82H,4-7,9-10,12-16,18-19,21-24,29-39,41,43-46,48-49,51-57,59-60,62-65H2,1-3H3,(H,76,83)/b11-8-,20-17-,27-25+,28-26-,42-40-,50-47-,61-58+. The first-order valence-corrected chi connectivity index (χ1v) is 35.9. The highest BCUT2D eigenvalue weighted by Crippen LogP contribution is 2.26. The fraction of sp³-hybridized carbons (Fsp3) is 0.787. The molecule has 0 radical (unpaired) electrons. The van der Waals surface area contributed by atoms with Crippen LogP contribution >= 0.6 is 0 Å². The quantitative estimate of drug-likeness (QED) is 0.0195. The summed E-state index contributed by atoms with van der Waals surface area (Å²) in [6.07, 6.45) is 72.1. The Hall–Kier alpha value is -3.16. The van der Waals surface area contributed by atoms with Crippen LogP contribution in [0.4, 0.5) is 0 Å². The number of hydrogen-bond donors (Lipinski definition) is 6. The van der Waals surface area contributed by atoms with Crippen molar-refractivity contribution in [3.05, 3.63) is 85.1 Å². The predicted octanol–water partition coefficient (Wildman–Crippen LogP) is 18.5. The van der Waals surface area contributed by atoms with E-state index in [1.54, 1.807) is 6.08 Å². The average Bonchev–Trinajstić information content (AvgIpc) is 3.59. The first kappa shape index (κ1) is 80.9. The molecule has 1 saturated heterocycles. The molecule has 86 heavy (non-hydrogen) atoms. The first-order chi connectivity index (χ1) is 42.2. The van der Waals surface area contributed by atoms with Gasteiger partial charge in [0.1, 0.15) is 24.4 Å². The number of allylic oxidation sites excluding steroid dienone is 13. The van der Waals surface area contributed by atoms with Crippen molar-refractivity contribution in [2.45, 2.75) is 365 Å². The molecule has 0 aromatic heterocycles. The molecular formula is C75H133NO10. The number of aliphatic hydroxyl groups is 5. The van der Waals surface area contributed by atoms with Crippen LogP contribution in [0.25, 0.3) is 0 Å². The summed E-state index contributed by atoms with van der Waals surface area (Å²) in [7, 11) is 0. The molecule has 0 aromatic carbocycles. The Morgan fingerprint density at radius 2 is 0.837 bits per heavy atom. The molecule has 1 aliphatic heterocycles. The zero-order valence-electron chi connectivity index (χ0n) is 55.4. The van der Waals surface area contributed by atoms with Gasteiger partial charge >= 0.3 is 5.97 Å². The molecule has 0 bridgehead atoms. The summed E-state index contributed by atoms with van der Waals surface area (Å²) in [5, 5.41) is 57.2. The summed E-state index contributed by atoms with van der Waals surface area (Å²) in [5.41, 5.74) is 0. The van der Waals surface area contributed by atoms with E-state index in [1.165, 1.54) is 180 Å². The predicted molar refractivity (Wildman–Crippen MR) is 361 cm³/mol. The second-order valence-electron chi connectivity index (χ2n) is 24.6. The van der Waals surface area contributed by atoms with E-state index in [-0.39, 0.29) is 19.4 Å². The van der Waals surface area contributed by atoms with Crippen molar-refractivity contribution >= 4 is 11.9 Å². The maximum absolute atomic E-state index is 13.5. The fourth-order valence-electron chi connectivity index (χ4n) is 10.9. The number of amides is 1. The molecule has 8 unspecified atom stereocenters. The number of ether oxygens (including phenoxy) is 3. The molecule has 1 amide bonds. The van der Waals surface area contributed by atoms with Crippen LogP contribution < -0.4 is 5.32 Å². The van der Waals surface area contributed by atoms with Crippen LogP contribution in [0.2, 0.25) is 0 Å². The number of rotatable bonds is 61. The molecule has 11 nitrogen and oxygen atoms in total. The van der Waals surface area contributed by atoms with E-state index in [9.17, 15) is 35.1 Å². The van der Waals surface area contributed by atoms with E-state index in [4.69, 9.17) is 14.2 Å². The summed E-state index contributed by atoms with van der Waals surface area (Å²) in [5.74, 6) is -1.22. The molecule has 0 spiro atoms. The molecule has 1 heterocycles. The van der Waals surface area contributed by atoms with E-state index in [0.717, 1.165) is 89.9 Å². The van der Waals surface area contributed by atoms with E-state index >= 15 is 0 Å². The lowest BCUT2D eigenvalue weighted by molar-refractivity contribution is -0.305. The summed E-state index contributed by atoms with van der Waals surface area (Å²) in [6, 6.07) is -1.05. The van der Waals surface area contributed by atoms with Crippen molar-refractivity contribution in [1.29, 1.82) is 0 Å². The minimum Gasteiger partial charge on any atom is -0.454 e. The number of unbranched alkanes of at least 4 members (excludes halogenated alkanes) is 35. The SMILES string of the molecule is CC/C=C\C/C=C\C/C=C\C/C=C\C/C=C\CCCCC(O)C(=O)NC(COC1OC(CO)C(O)C(O)C1OC(=O)CCCCCCCCCCCCCCCCCCC/C=C/CCCCCCCC)C(O)/C=C/CCCCCCCCCCCC. The van der Waals surface area contributed by atoms with Gasteiger partial charge in [-0.1, -0.05) is 298 Å². The van der Waals surface area contributed by atoms with Crippen molar-refractivity contribution in [3.8, 4) is 0 Å². The Morgan fingerprint density at radius 1 is 0.465 bits per heavy atom. The Bertz CT molecular complexity index is 1720. The Balaban J connectivity index is 2.56. The van der Waals surface area contributed by atoms with Gasteiger partial charge in [0.2, 0.25) is 5.91 Å². The van der Waals surface area contributed by atoms with Crippen molar-refractivity contribution in [2.75, 3.05) is 13.2 Å². The smallest absolute Gasteiger partial charge is 0.306 e. The van der Waals surface area contributed by atoms with Gasteiger partial charge in [-0.3, -0.25) is 9.59 Å². The molecule has 11 heteroatoms. The van der Waals surface area contributed by atoms with Gasteiger partial charge in [-0.2, -0.15) is 0 Å². The number of carbonyl (C=O) groups is 2. The lowest BCUT2D eigenvalue weighted by Gasteiger charge is -2.41. The normalized spacial score (nSPS) is 18.8. The molecule has 0 aromatic rings.